The summed E-state index contributed by atoms with van der Waals surface area (Å²) in [5.74, 6) is -7.50. The predicted molar refractivity (Wildman–Crippen MR) is 43.4 cm³/mol. The topological polar surface area (TPSA) is 63.6 Å². The Morgan fingerprint density at radius 2 is 1.65 bits per heavy atom. The highest BCUT2D eigenvalue weighted by atomic mass is 19.4. The van der Waals surface area contributed by atoms with Gasteiger partial charge in [0.05, 0.1) is 6.61 Å². The third kappa shape index (κ3) is 6.03. The van der Waals surface area contributed by atoms with Gasteiger partial charge >= 0.3 is 24.0 Å². The van der Waals surface area contributed by atoms with Crippen molar-refractivity contribution in [3.63, 3.8) is 0 Å². The van der Waals surface area contributed by atoms with Crippen molar-refractivity contribution in [2.24, 2.45) is 0 Å². The molecule has 1 N–H and O–H groups in total. The highest BCUT2D eigenvalue weighted by Crippen LogP contribution is 2.38. The van der Waals surface area contributed by atoms with Crippen molar-refractivity contribution in [3.8, 4) is 0 Å². The smallest absolute Gasteiger partial charge is 0.453 e. The number of halogens is 5. The van der Waals surface area contributed by atoms with E-state index in [0.29, 0.717) is 0 Å². The van der Waals surface area contributed by atoms with E-state index in [1.54, 1.807) is 0 Å². The number of carboxylic acids is 1. The Labute approximate surface area is 92.4 Å². The first-order valence-corrected chi connectivity index (χ1v) is 4.38. The van der Waals surface area contributed by atoms with Crippen LogP contribution in [-0.2, 0) is 14.3 Å². The lowest BCUT2D eigenvalue weighted by Crippen LogP contribution is -2.36. The van der Waals surface area contributed by atoms with Crippen LogP contribution in [0.2, 0.25) is 0 Å². The third-order valence-electron chi connectivity index (χ3n) is 1.61. The molecule has 0 rings (SSSR count). The summed E-state index contributed by atoms with van der Waals surface area (Å²) < 4.78 is 63.7. The number of ether oxygens (including phenoxy) is 1. The van der Waals surface area contributed by atoms with Gasteiger partial charge in [0.2, 0.25) is 0 Å². The molecule has 0 amide bonds. The van der Waals surface area contributed by atoms with E-state index in [9.17, 15) is 31.5 Å². The van der Waals surface area contributed by atoms with Gasteiger partial charge < -0.3 is 9.84 Å². The number of aliphatic carboxylic acids is 1. The van der Waals surface area contributed by atoms with Crippen molar-refractivity contribution < 1.29 is 41.4 Å². The van der Waals surface area contributed by atoms with Crippen LogP contribution >= 0.6 is 0 Å². The second-order valence-corrected chi connectivity index (χ2v) is 3.10. The molecule has 0 aliphatic heterocycles. The molecule has 0 aromatic rings. The van der Waals surface area contributed by atoms with Gasteiger partial charge in [-0.2, -0.15) is 22.0 Å². The normalized spacial score (nSPS) is 12.3. The largest absolute Gasteiger partial charge is 0.481 e. The fourth-order valence-electron chi connectivity index (χ4n) is 0.796. The first-order valence-electron chi connectivity index (χ1n) is 4.38. The van der Waals surface area contributed by atoms with E-state index >= 15 is 0 Å². The van der Waals surface area contributed by atoms with Gasteiger partial charge in [0.1, 0.15) is 6.42 Å². The number of carbonyl (C=O) groups is 2. The molecule has 0 saturated carbocycles. The number of carboxylic acid groups (broad SMARTS) is 1. The molecule has 0 heterocycles. The number of hydrogen-bond donors (Lipinski definition) is 1. The third-order valence-corrected chi connectivity index (χ3v) is 1.61. The second-order valence-electron chi connectivity index (χ2n) is 3.10. The minimum atomic E-state index is -5.64. The molecule has 17 heavy (non-hydrogen) atoms. The van der Waals surface area contributed by atoms with Gasteiger partial charge in [0, 0.05) is 6.42 Å². The average Bonchev–Trinajstić information content (AvgIpc) is 2.09. The summed E-state index contributed by atoms with van der Waals surface area (Å²) in [4.78, 5) is 20.5. The summed E-state index contributed by atoms with van der Waals surface area (Å²) in [5, 5.41) is 8.11. The molecule has 4 nitrogen and oxygen atoms in total. The van der Waals surface area contributed by atoms with Crippen LogP contribution in [0.1, 0.15) is 19.3 Å². The van der Waals surface area contributed by atoms with E-state index in [1.807, 2.05) is 0 Å². The summed E-state index contributed by atoms with van der Waals surface area (Å²) in [5.41, 5.74) is 0. The Morgan fingerprint density at radius 3 is 2.06 bits per heavy atom. The van der Waals surface area contributed by atoms with Crippen LogP contribution in [0.25, 0.3) is 0 Å². The quantitative estimate of drug-likeness (QED) is 0.345. The number of alkyl halides is 5. The number of hydrogen-bond acceptors (Lipinski definition) is 3. The van der Waals surface area contributed by atoms with Crippen molar-refractivity contribution in [1.29, 1.82) is 0 Å². The Balaban J connectivity index is 3.86. The molecule has 0 radical (unpaired) electrons. The van der Waals surface area contributed by atoms with Crippen LogP contribution < -0.4 is 0 Å². The van der Waals surface area contributed by atoms with Crippen LogP contribution in [0.3, 0.4) is 0 Å². The Morgan fingerprint density at radius 1 is 1.12 bits per heavy atom. The number of rotatable bonds is 6. The van der Waals surface area contributed by atoms with Crippen LogP contribution in [0.15, 0.2) is 0 Å². The molecule has 0 spiro atoms. The summed E-state index contributed by atoms with van der Waals surface area (Å²) in [7, 11) is 0. The maximum atomic E-state index is 12.3. The zero-order valence-electron chi connectivity index (χ0n) is 8.39. The lowest BCUT2D eigenvalue weighted by atomic mass is 10.2. The molecule has 0 aromatic carbocycles. The van der Waals surface area contributed by atoms with Crippen LogP contribution in [-0.4, -0.2) is 35.8 Å². The maximum absolute atomic E-state index is 12.3. The molecule has 0 aromatic heterocycles. The van der Waals surface area contributed by atoms with Crippen LogP contribution in [0, 0.1) is 0 Å². The minimum Gasteiger partial charge on any atom is -0.481 e. The average molecular weight is 264 g/mol. The Hall–Kier alpha value is -1.41. The highest BCUT2D eigenvalue weighted by molar-refractivity contribution is 5.90. The SMILES string of the molecule is O=C(O)CC(=O)OCCCC(F)(F)C(F)(F)F. The fourth-order valence-corrected chi connectivity index (χ4v) is 0.796. The summed E-state index contributed by atoms with van der Waals surface area (Å²) in [6.07, 6.45) is -8.83. The minimum absolute atomic E-state index is 0.683. The second kappa shape index (κ2) is 5.78. The maximum Gasteiger partial charge on any atom is 0.453 e. The fraction of sp³-hybridized carbons (Fsp3) is 0.750. The molecule has 0 saturated heterocycles. The molecule has 0 aliphatic carbocycles. The first-order chi connectivity index (χ1) is 7.56. The number of esters is 1. The highest BCUT2D eigenvalue weighted by Gasteiger charge is 2.56. The van der Waals surface area contributed by atoms with Gasteiger partial charge in [-0.3, -0.25) is 9.59 Å². The monoisotopic (exact) mass is 264 g/mol. The van der Waals surface area contributed by atoms with Gasteiger partial charge in [0.15, 0.2) is 0 Å². The molecular weight excluding hydrogens is 255 g/mol. The van der Waals surface area contributed by atoms with Crippen molar-refractivity contribution in [1.82, 2.24) is 0 Å². The van der Waals surface area contributed by atoms with E-state index in [4.69, 9.17) is 5.11 Å². The Bertz CT molecular complexity index is 286. The standard InChI is InChI=1S/C8H9F5O4/c9-7(10,8(11,12)13)2-1-3-17-6(16)4-5(14)15/h1-4H2,(H,14,15). The van der Waals surface area contributed by atoms with Gasteiger partial charge in [-0.1, -0.05) is 0 Å². The van der Waals surface area contributed by atoms with Gasteiger partial charge in [0.25, 0.3) is 0 Å². The van der Waals surface area contributed by atoms with Crippen molar-refractivity contribution in [2.75, 3.05) is 6.61 Å². The van der Waals surface area contributed by atoms with E-state index in [1.165, 1.54) is 0 Å². The molecule has 9 heteroatoms. The van der Waals surface area contributed by atoms with Gasteiger partial charge in [-0.25, -0.2) is 0 Å². The number of carbonyl (C=O) groups excluding carboxylic acids is 1. The van der Waals surface area contributed by atoms with E-state index in [2.05, 4.69) is 4.74 Å². The zero-order valence-corrected chi connectivity index (χ0v) is 8.39. The molecule has 0 aliphatic rings. The summed E-state index contributed by atoms with van der Waals surface area (Å²) >= 11 is 0. The van der Waals surface area contributed by atoms with Crippen molar-refractivity contribution in [3.05, 3.63) is 0 Å². The lowest BCUT2D eigenvalue weighted by Gasteiger charge is -2.19. The first kappa shape index (κ1) is 15.6. The molecule has 0 bridgehead atoms. The predicted octanol–water partition coefficient (Wildman–Crippen LogP) is 1.98. The van der Waals surface area contributed by atoms with E-state index in [-0.39, 0.29) is 0 Å². The lowest BCUT2D eigenvalue weighted by molar-refractivity contribution is -0.284. The Kier molecular flexibility index (Phi) is 5.30. The summed E-state index contributed by atoms with van der Waals surface area (Å²) in [6.45, 7) is -0.683. The molecule has 0 atom stereocenters. The van der Waals surface area contributed by atoms with Gasteiger partial charge in [-0.15, -0.1) is 0 Å². The molecule has 0 fully saturated rings. The molecular formula is C8H9F5O4. The van der Waals surface area contributed by atoms with E-state index in [0.717, 1.165) is 0 Å². The van der Waals surface area contributed by atoms with E-state index < -0.39 is 49.9 Å². The van der Waals surface area contributed by atoms with Crippen LogP contribution in [0.5, 0.6) is 0 Å². The molecule has 0 unspecified atom stereocenters. The van der Waals surface area contributed by atoms with Crippen molar-refractivity contribution in [2.45, 2.75) is 31.4 Å². The van der Waals surface area contributed by atoms with Crippen LogP contribution in [0.4, 0.5) is 22.0 Å². The zero-order chi connectivity index (χ0) is 13.7. The van der Waals surface area contributed by atoms with Crippen molar-refractivity contribution >= 4 is 11.9 Å². The molecule has 100 valence electrons. The summed E-state index contributed by atoms with van der Waals surface area (Å²) in [6, 6.07) is 0. The van der Waals surface area contributed by atoms with Gasteiger partial charge in [-0.05, 0) is 6.42 Å².